The molecule has 2 N–H and O–H groups in total. The largest absolute Gasteiger partial charge is 0.481 e. The molecule has 0 amide bonds. The van der Waals surface area contributed by atoms with Crippen LogP contribution in [0.15, 0.2) is 0 Å². The minimum Gasteiger partial charge on any atom is -0.481 e. The molecule has 1 saturated heterocycles. The van der Waals surface area contributed by atoms with Crippen molar-refractivity contribution in [2.24, 2.45) is 5.92 Å². The van der Waals surface area contributed by atoms with Gasteiger partial charge in [0.1, 0.15) is 0 Å². The first-order valence-corrected chi connectivity index (χ1v) is 7.41. The third-order valence-electron chi connectivity index (χ3n) is 2.93. The van der Waals surface area contributed by atoms with Crippen molar-refractivity contribution in [3.63, 3.8) is 0 Å². The standard InChI is InChI=1S/C10H20N2O4S/c1-11-7-9-4-5-12(8-9)17(15,16)6-2-3-10(13)14/h9,11H,2-8H2,1H3,(H,13,14). The summed E-state index contributed by atoms with van der Waals surface area (Å²) in [5, 5.41) is 11.5. The quantitative estimate of drug-likeness (QED) is 0.660. The molecule has 1 aliphatic heterocycles. The minimum atomic E-state index is -3.26. The molecule has 1 unspecified atom stereocenters. The van der Waals surface area contributed by atoms with Crippen LogP contribution in [0.5, 0.6) is 0 Å². The Morgan fingerprint density at radius 2 is 2.24 bits per heavy atom. The topological polar surface area (TPSA) is 86.7 Å². The van der Waals surface area contributed by atoms with Crippen LogP contribution in [-0.2, 0) is 14.8 Å². The summed E-state index contributed by atoms with van der Waals surface area (Å²) in [6.45, 7) is 1.93. The van der Waals surface area contributed by atoms with Crippen LogP contribution in [0, 0.1) is 5.92 Å². The second kappa shape index (κ2) is 6.32. The van der Waals surface area contributed by atoms with Gasteiger partial charge in [-0.3, -0.25) is 4.79 Å². The molecule has 6 nitrogen and oxygen atoms in total. The van der Waals surface area contributed by atoms with Gasteiger partial charge in [0.05, 0.1) is 5.75 Å². The van der Waals surface area contributed by atoms with E-state index in [9.17, 15) is 13.2 Å². The van der Waals surface area contributed by atoms with Gasteiger partial charge in [0.2, 0.25) is 10.0 Å². The van der Waals surface area contributed by atoms with Crippen LogP contribution in [0.25, 0.3) is 0 Å². The van der Waals surface area contributed by atoms with Crippen LogP contribution >= 0.6 is 0 Å². The van der Waals surface area contributed by atoms with E-state index in [1.165, 1.54) is 4.31 Å². The molecule has 100 valence electrons. The minimum absolute atomic E-state index is 0.0639. The fourth-order valence-corrected chi connectivity index (χ4v) is 3.63. The van der Waals surface area contributed by atoms with Crippen LogP contribution in [0.3, 0.4) is 0 Å². The Kier molecular flexibility index (Phi) is 5.35. The maximum absolute atomic E-state index is 11.9. The van der Waals surface area contributed by atoms with Gasteiger partial charge < -0.3 is 10.4 Å². The van der Waals surface area contributed by atoms with Crippen molar-refractivity contribution in [2.45, 2.75) is 19.3 Å². The lowest BCUT2D eigenvalue weighted by Gasteiger charge is -2.16. The molecule has 0 saturated carbocycles. The summed E-state index contributed by atoms with van der Waals surface area (Å²) in [5.41, 5.74) is 0. The predicted molar refractivity (Wildman–Crippen MR) is 64.3 cm³/mol. The zero-order valence-electron chi connectivity index (χ0n) is 10.1. The Morgan fingerprint density at radius 3 is 2.82 bits per heavy atom. The van der Waals surface area contributed by atoms with Crippen LogP contribution in [0.4, 0.5) is 0 Å². The number of aliphatic carboxylic acids is 1. The smallest absolute Gasteiger partial charge is 0.303 e. The average molecular weight is 264 g/mol. The lowest BCUT2D eigenvalue weighted by atomic mass is 10.1. The SMILES string of the molecule is CNCC1CCN(S(=O)(=O)CCCC(=O)O)C1. The zero-order valence-corrected chi connectivity index (χ0v) is 10.9. The summed E-state index contributed by atoms with van der Waals surface area (Å²) in [4.78, 5) is 10.3. The van der Waals surface area contributed by atoms with Crippen LogP contribution in [-0.4, -0.2) is 56.2 Å². The molecule has 7 heteroatoms. The van der Waals surface area contributed by atoms with Gasteiger partial charge >= 0.3 is 5.97 Å². The third-order valence-corrected chi connectivity index (χ3v) is 4.85. The monoisotopic (exact) mass is 264 g/mol. The number of rotatable bonds is 7. The Labute approximate surface area is 102 Å². The van der Waals surface area contributed by atoms with Crippen molar-refractivity contribution in [1.82, 2.24) is 9.62 Å². The molecule has 0 aromatic carbocycles. The Balaban J connectivity index is 2.40. The second-order valence-electron chi connectivity index (χ2n) is 4.38. The molecular formula is C10H20N2O4S. The molecule has 1 fully saturated rings. The summed E-state index contributed by atoms with van der Waals surface area (Å²) in [5.74, 6) is -0.644. The molecule has 0 aromatic rings. The van der Waals surface area contributed by atoms with E-state index in [1.807, 2.05) is 7.05 Å². The van der Waals surface area contributed by atoms with Crippen molar-refractivity contribution in [1.29, 1.82) is 0 Å². The molecule has 1 atom stereocenters. The zero-order chi connectivity index (χ0) is 12.9. The van der Waals surface area contributed by atoms with Crippen molar-refractivity contribution in [3.8, 4) is 0 Å². The highest BCUT2D eigenvalue weighted by Crippen LogP contribution is 2.19. The first-order valence-electron chi connectivity index (χ1n) is 5.80. The molecule has 17 heavy (non-hydrogen) atoms. The van der Waals surface area contributed by atoms with Crippen LogP contribution < -0.4 is 5.32 Å². The summed E-state index contributed by atoms with van der Waals surface area (Å²) in [6.07, 6.45) is 0.969. The van der Waals surface area contributed by atoms with Crippen molar-refractivity contribution < 1.29 is 18.3 Å². The Hall–Kier alpha value is -0.660. The van der Waals surface area contributed by atoms with Gasteiger partial charge in [-0.25, -0.2) is 12.7 Å². The van der Waals surface area contributed by atoms with E-state index in [0.29, 0.717) is 19.0 Å². The third kappa shape index (κ3) is 4.61. The van der Waals surface area contributed by atoms with E-state index in [1.54, 1.807) is 0 Å². The van der Waals surface area contributed by atoms with Gasteiger partial charge in [-0.15, -0.1) is 0 Å². The molecule has 1 heterocycles. The maximum Gasteiger partial charge on any atom is 0.303 e. The number of hydrogen-bond donors (Lipinski definition) is 2. The summed E-state index contributed by atoms with van der Waals surface area (Å²) >= 11 is 0. The number of sulfonamides is 1. The molecular weight excluding hydrogens is 244 g/mol. The number of carboxylic acid groups (broad SMARTS) is 1. The average Bonchev–Trinajstić information content (AvgIpc) is 2.66. The second-order valence-corrected chi connectivity index (χ2v) is 6.47. The first-order chi connectivity index (χ1) is 7.95. The molecule has 1 aliphatic rings. The van der Waals surface area contributed by atoms with E-state index in [2.05, 4.69) is 5.32 Å². The molecule has 0 bridgehead atoms. The highest BCUT2D eigenvalue weighted by Gasteiger charge is 2.30. The Morgan fingerprint density at radius 1 is 1.53 bits per heavy atom. The summed E-state index contributed by atoms with van der Waals surface area (Å²) in [7, 11) is -1.41. The van der Waals surface area contributed by atoms with E-state index in [4.69, 9.17) is 5.11 Å². The number of carbonyl (C=O) groups is 1. The molecule has 0 aromatic heterocycles. The Bertz CT molecular complexity index is 355. The number of hydrogen-bond acceptors (Lipinski definition) is 4. The predicted octanol–water partition coefficient (Wildman–Crippen LogP) is -0.278. The molecule has 1 rings (SSSR count). The fourth-order valence-electron chi connectivity index (χ4n) is 2.04. The number of nitrogens with one attached hydrogen (secondary N) is 1. The highest BCUT2D eigenvalue weighted by molar-refractivity contribution is 7.89. The van der Waals surface area contributed by atoms with Crippen molar-refractivity contribution in [3.05, 3.63) is 0 Å². The first kappa shape index (κ1) is 14.4. The van der Waals surface area contributed by atoms with Gasteiger partial charge in [0.25, 0.3) is 0 Å². The van der Waals surface area contributed by atoms with Gasteiger partial charge in [0, 0.05) is 19.5 Å². The van der Waals surface area contributed by atoms with Gasteiger partial charge in [0.15, 0.2) is 0 Å². The van der Waals surface area contributed by atoms with Crippen molar-refractivity contribution in [2.75, 3.05) is 32.4 Å². The van der Waals surface area contributed by atoms with Crippen LogP contribution in [0.1, 0.15) is 19.3 Å². The highest BCUT2D eigenvalue weighted by atomic mass is 32.2. The van der Waals surface area contributed by atoms with Gasteiger partial charge in [-0.1, -0.05) is 0 Å². The van der Waals surface area contributed by atoms with E-state index in [-0.39, 0.29) is 18.6 Å². The summed E-state index contributed by atoms with van der Waals surface area (Å²) < 4.78 is 25.2. The fraction of sp³-hybridized carbons (Fsp3) is 0.900. The van der Waals surface area contributed by atoms with Crippen molar-refractivity contribution >= 4 is 16.0 Å². The normalized spacial score (nSPS) is 21.8. The van der Waals surface area contributed by atoms with Crippen LogP contribution in [0.2, 0.25) is 0 Å². The lowest BCUT2D eigenvalue weighted by Crippen LogP contribution is -2.32. The molecule has 0 spiro atoms. The van der Waals surface area contributed by atoms with Gasteiger partial charge in [-0.05, 0) is 32.4 Å². The van der Waals surface area contributed by atoms with E-state index in [0.717, 1.165) is 13.0 Å². The molecule has 0 radical (unpaired) electrons. The van der Waals surface area contributed by atoms with E-state index < -0.39 is 16.0 Å². The van der Waals surface area contributed by atoms with Gasteiger partial charge in [-0.2, -0.15) is 0 Å². The number of carboxylic acids is 1. The maximum atomic E-state index is 11.9. The summed E-state index contributed by atoms with van der Waals surface area (Å²) in [6, 6.07) is 0. The molecule has 0 aliphatic carbocycles. The lowest BCUT2D eigenvalue weighted by molar-refractivity contribution is -0.137. The number of nitrogens with zero attached hydrogens (tertiary/aromatic N) is 1. The van der Waals surface area contributed by atoms with E-state index >= 15 is 0 Å².